The van der Waals surface area contributed by atoms with Crippen LogP contribution < -0.4 is 20.7 Å². The van der Waals surface area contributed by atoms with Crippen LogP contribution in [0.1, 0.15) is 30.5 Å². The Balaban J connectivity index is 1.69. The molecule has 2 bridgehead atoms. The molecular formula is C34H40N4O4. The Morgan fingerprint density at radius 2 is 1.50 bits per heavy atom. The van der Waals surface area contributed by atoms with Crippen LogP contribution in [-0.4, -0.2) is 60.9 Å². The standard InChI is InChI=1S/C34H40N4O4/c1-23(2)31-30(37-33(40)29(38(3)4)22-26-13-9-6-10-14-26)34(41)36-28(21-25-11-7-5-8-12-25)32(39)35-20-19-24-15-17-27(42-31)18-16-24/h5-20,23,28-31H,21-22H2,1-4H3,(H,35,39)(H,36,41)(H,37,40)/b20-19-/t28-,29+,30-,31+/m1/s1. The first-order chi connectivity index (χ1) is 20.2. The van der Waals surface area contributed by atoms with E-state index in [2.05, 4.69) is 16.0 Å². The van der Waals surface area contributed by atoms with Crippen molar-refractivity contribution in [2.75, 3.05) is 14.1 Å². The molecule has 3 N–H and O–H groups in total. The van der Waals surface area contributed by atoms with Gasteiger partial charge in [0.2, 0.25) is 17.7 Å². The molecule has 0 unspecified atom stereocenters. The number of carbonyl (C=O) groups excluding carboxylic acids is 3. The largest absolute Gasteiger partial charge is 0.487 e. The third-order valence-corrected chi connectivity index (χ3v) is 7.33. The van der Waals surface area contributed by atoms with Crippen molar-refractivity contribution in [2.45, 2.75) is 50.9 Å². The van der Waals surface area contributed by atoms with Gasteiger partial charge in [0, 0.05) is 12.6 Å². The highest BCUT2D eigenvalue weighted by Gasteiger charge is 2.37. The van der Waals surface area contributed by atoms with Crippen LogP contribution in [0.25, 0.3) is 6.08 Å². The van der Waals surface area contributed by atoms with Crippen LogP contribution in [0, 0.1) is 5.92 Å². The molecule has 0 aromatic heterocycles. The lowest BCUT2D eigenvalue weighted by Gasteiger charge is -2.33. The number of fused-ring (bicyclic) bond motifs is 10. The van der Waals surface area contributed by atoms with Crippen LogP contribution in [0.4, 0.5) is 0 Å². The highest BCUT2D eigenvalue weighted by atomic mass is 16.5. The van der Waals surface area contributed by atoms with Gasteiger partial charge in [-0.1, -0.05) is 86.6 Å². The molecule has 3 aromatic rings. The molecule has 8 nitrogen and oxygen atoms in total. The molecule has 3 aromatic carbocycles. The minimum atomic E-state index is -1.07. The second-order valence-corrected chi connectivity index (χ2v) is 11.1. The van der Waals surface area contributed by atoms with Crippen LogP contribution in [0.15, 0.2) is 91.1 Å². The predicted molar refractivity (Wildman–Crippen MR) is 165 cm³/mol. The summed E-state index contributed by atoms with van der Waals surface area (Å²) in [4.78, 5) is 43.1. The summed E-state index contributed by atoms with van der Waals surface area (Å²) in [6.45, 7) is 3.89. The maximum absolute atomic E-state index is 14.1. The van der Waals surface area contributed by atoms with Crippen molar-refractivity contribution in [3.63, 3.8) is 0 Å². The predicted octanol–water partition coefficient (Wildman–Crippen LogP) is 3.58. The van der Waals surface area contributed by atoms with E-state index in [1.54, 1.807) is 12.3 Å². The average molecular weight is 569 g/mol. The van der Waals surface area contributed by atoms with Gasteiger partial charge in [0.05, 0.1) is 6.04 Å². The van der Waals surface area contributed by atoms with E-state index in [1.807, 2.05) is 118 Å². The van der Waals surface area contributed by atoms with Crippen LogP contribution >= 0.6 is 0 Å². The van der Waals surface area contributed by atoms with Crippen LogP contribution in [-0.2, 0) is 27.2 Å². The maximum Gasteiger partial charge on any atom is 0.247 e. The molecule has 0 saturated heterocycles. The number of ether oxygens (including phenoxy) is 1. The SMILES string of the molecule is CC(C)[C@@H]1Oc2ccc(cc2)/C=C\NC(=O)[C@@H](Cc2ccccc2)NC(=O)[C@@H]1NC(=O)[C@H](Cc1ccccc1)N(C)C. The van der Waals surface area contributed by atoms with Crippen LogP contribution in [0.3, 0.4) is 0 Å². The van der Waals surface area contributed by atoms with Gasteiger partial charge in [-0.05, 0) is 61.3 Å². The van der Waals surface area contributed by atoms with Crippen LogP contribution in [0.5, 0.6) is 5.75 Å². The number of nitrogens with one attached hydrogen (secondary N) is 3. The summed E-state index contributed by atoms with van der Waals surface area (Å²) in [5, 5.41) is 8.74. The van der Waals surface area contributed by atoms with Crippen molar-refractivity contribution < 1.29 is 19.1 Å². The van der Waals surface area contributed by atoms with Gasteiger partial charge in [0.25, 0.3) is 0 Å². The van der Waals surface area contributed by atoms with E-state index in [4.69, 9.17) is 4.74 Å². The lowest BCUT2D eigenvalue weighted by Crippen LogP contribution is -2.62. The number of benzene rings is 3. The van der Waals surface area contributed by atoms with E-state index in [0.29, 0.717) is 12.2 Å². The number of amides is 3. The molecule has 5 rings (SSSR count). The van der Waals surface area contributed by atoms with Gasteiger partial charge >= 0.3 is 0 Å². The Kier molecular flexibility index (Phi) is 10.5. The Morgan fingerprint density at radius 3 is 2.10 bits per heavy atom. The fraction of sp³-hybridized carbons (Fsp3) is 0.324. The minimum absolute atomic E-state index is 0.151. The summed E-state index contributed by atoms with van der Waals surface area (Å²) in [7, 11) is 3.68. The van der Waals surface area contributed by atoms with Gasteiger partial charge in [0.15, 0.2) is 0 Å². The molecule has 0 fully saturated rings. The summed E-state index contributed by atoms with van der Waals surface area (Å²) in [5.74, 6) is -0.732. The number of nitrogens with zero attached hydrogens (tertiary/aromatic N) is 1. The summed E-state index contributed by atoms with van der Waals surface area (Å²) in [6, 6.07) is 24.1. The maximum atomic E-state index is 14.1. The van der Waals surface area contributed by atoms with E-state index in [1.165, 1.54) is 0 Å². The molecule has 0 aliphatic carbocycles. The van der Waals surface area contributed by atoms with Gasteiger partial charge in [-0.25, -0.2) is 0 Å². The molecular weight excluding hydrogens is 528 g/mol. The summed E-state index contributed by atoms with van der Waals surface area (Å²) in [5.41, 5.74) is 2.78. The van der Waals surface area contributed by atoms with Gasteiger partial charge in [0.1, 0.15) is 23.9 Å². The highest BCUT2D eigenvalue weighted by molar-refractivity contribution is 5.94. The van der Waals surface area contributed by atoms with E-state index in [0.717, 1.165) is 16.7 Å². The number of likely N-dealkylation sites (N-methyl/N-ethyl adjacent to an activating group) is 1. The molecule has 2 heterocycles. The Morgan fingerprint density at radius 1 is 0.881 bits per heavy atom. The molecule has 8 heteroatoms. The summed E-state index contributed by atoms with van der Waals surface area (Å²) >= 11 is 0. The monoisotopic (exact) mass is 568 g/mol. The average Bonchev–Trinajstić information content (AvgIpc) is 2.98. The first kappa shape index (κ1) is 30.5. The highest BCUT2D eigenvalue weighted by Crippen LogP contribution is 2.21. The minimum Gasteiger partial charge on any atom is -0.487 e. The summed E-state index contributed by atoms with van der Waals surface area (Å²) < 4.78 is 6.38. The first-order valence-corrected chi connectivity index (χ1v) is 14.3. The van der Waals surface area contributed by atoms with Crippen molar-refractivity contribution in [2.24, 2.45) is 5.92 Å². The van der Waals surface area contributed by atoms with Gasteiger partial charge < -0.3 is 20.7 Å². The van der Waals surface area contributed by atoms with Crippen molar-refractivity contribution in [3.05, 3.63) is 108 Å². The molecule has 42 heavy (non-hydrogen) atoms. The second kappa shape index (κ2) is 14.5. The van der Waals surface area contributed by atoms with E-state index in [9.17, 15) is 14.4 Å². The normalized spacial score (nSPS) is 20.7. The fourth-order valence-corrected chi connectivity index (χ4v) is 4.94. The van der Waals surface area contributed by atoms with E-state index in [-0.39, 0.29) is 24.2 Å². The fourth-order valence-electron chi connectivity index (χ4n) is 4.94. The third kappa shape index (κ3) is 8.30. The second-order valence-electron chi connectivity index (χ2n) is 11.1. The van der Waals surface area contributed by atoms with Crippen molar-refractivity contribution in [1.82, 2.24) is 20.9 Å². The number of hydrogen-bond acceptors (Lipinski definition) is 5. The first-order valence-electron chi connectivity index (χ1n) is 14.3. The van der Waals surface area contributed by atoms with Gasteiger partial charge in [-0.2, -0.15) is 0 Å². The van der Waals surface area contributed by atoms with Crippen molar-refractivity contribution in [3.8, 4) is 5.75 Å². The van der Waals surface area contributed by atoms with Crippen molar-refractivity contribution >= 4 is 23.8 Å². The van der Waals surface area contributed by atoms with Gasteiger partial charge in [-0.3, -0.25) is 19.3 Å². The van der Waals surface area contributed by atoms with Crippen molar-refractivity contribution in [1.29, 1.82) is 0 Å². The molecule has 2 aliphatic heterocycles. The lowest BCUT2D eigenvalue weighted by atomic mass is 9.96. The molecule has 2 aliphatic rings. The molecule has 4 atom stereocenters. The van der Waals surface area contributed by atoms with Gasteiger partial charge in [-0.15, -0.1) is 0 Å². The quantitative estimate of drug-likeness (QED) is 0.386. The zero-order chi connectivity index (χ0) is 30.1. The molecule has 0 saturated carbocycles. The van der Waals surface area contributed by atoms with E-state index >= 15 is 0 Å². The smallest absolute Gasteiger partial charge is 0.247 e. The molecule has 0 radical (unpaired) electrons. The Bertz CT molecular complexity index is 1360. The molecule has 220 valence electrons. The molecule has 3 amide bonds. The Labute approximate surface area is 248 Å². The number of rotatable bonds is 8. The van der Waals surface area contributed by atoms with E-state index < -0.39 is 30.1 Å². The zero-order valence-corrected chi connectivity index (χ0v) is 24.6. The van der Waals surface area contributed by atoms with Crippen LogP contribution in [0.2, 0.25) is 0 Å². The zero-order valence-electron chi connectivity index (χ0n) is 24.6. The number of carbonyl (C=O) groups is 3. The topological polar surface area (TPSA) is 99.8 Å². The molecule has 0 spiro atoms. The third-order valence-electron chi connectivity index (χ3n) is 7.33. The summed E-state index contributed by atoms with van der Waals surface area (Å²) in [6.07, 6.45) is 3.39. The lowest BCUT2D eigenvalue weighted by molar-refractivity contribution is -0.136. The Hall–Kier alpha value is -4.43. The number of hydrogen-bond donors (Lipinski definition) is 3.